The Morgan fingerprint density at radius 1 is 1.30 bits per heavy atom. The van der Waals surface area contributed by atoms with E-state index in [-0.39, 0.29) is 16.4 Å². The number of ether oxygens (including phenoxy) is 2. The highest BCUT2D eigenvalue weighted by atomic mass is 35.5. The molecule has 6 nitrogen and oxygen atoms in total. The molecule has 0 radical (unpaired) electrons. The first kappa shape index (κ1) is 15.7. The molecule has 1 aliphatic heterocycles. The number of benzene rings is 1. The SMILES string of the molecule is COC1(OC)N=C(N)C2(C#N)C(c3c(F)cccc3Cl)C12C#N. The Labute approximate surface area is 136 Å². The number of nitriles is 2. The van der Waals surface area contributed by atoms with Crippen LogP contribution in [0.2, 0.25) is 5.02 Å². The quantitative estimate of drug-likeness (QED) is 0.850. The summed E-state index contributed by atoms with van der Waals surface area (Å²) < 4.78 is 25.0. The highest BCUT2D eigenvalue weighted by molar-refractivity contribution is 6.31. The van der Waals surface area contributed by atoms with Crippen molar-refractivity contribution in [2.45, 2.75) is 11.8 Å². The van der Waals surface area contributed by atoms with Gasteiger partial charge in [0.15, 0.2) is 5.41 Å². The lowest BCUT2D eigenvalue weighted by atomic mass is 9.93. The molecule has 8 heteroatoms. The predicted molar refractivity (Wildman–Crippen MR) is 78.6 cm³/mol. The average Bonchev–Trinajstić information content (AvgIpc) is 3.09. The van der Waals surface area contributed by atoms with Crippen LogP contribution in [0.5, 0.6) is 0 Å². The number of halogens is 2. The molecule has 1 aromatic rings. The summed E-state index contributed by atoms with van der Waals surface area (Å²) >= 11 is 6.12. The van der Waals surface area contributed by atoms with Crippen molar-refractivity contribution in [1.29, 1.82) is 10.5 Å². The topological polar surface area (TPSA) is 104 Å². The van der Waals surface area contributed by atoms with Crippen LogP contribution >= 0.6 is 11.6 Å². The van der Waals surface area contributed by atoms with Crippen molar-refractivity contribution in [3.8, 4) is 12.1 Å². The third-order valence-corrected chi connectivity index (χ3v) is 5.10. The van der Waals surface area contributed by atoms with Gasteiger partial charge in [0, 0.05) is 30.7 Å². The number of nitrogens with zero attached hydrogens (tertiary/aromatic N) is 3. The number of methoxy groups -OCH3 is 2. The number of aliphatic imine (C=N–C) groups is 1. The van der Waals surface area contributed by atoms with Crippen molar-refractivity contribution >= 4 is 17.4 Å². The predicted octanol–water partition coefficient (Wildman–Crippen LogP) is 1.91. The van der Waals surface area contributed by atoms with Crippen molar-refractivity contribution in [2.75, 3.05) is 14.2 Å². The van der Waals surface area contributed by atoms with E-state index in [1.54, 1.807) is 0 Å². The summed E-state index contributed by atoms with van der Waals surface area (Å²) in [6.45, 7) is 0. The Hall–Kier alpha value is -2.19. The van der Waals surface area contributed by atoms with Crippen molar-refractivity contribution < 1.29 is 13.9 Å². The maximum absolute atomic E-state index is 14.4. The van der Waals surface area contributed by atoms with Crippen molar-refractivity contribution in [3.05, 3.63) is 34.6 Å². The normalized spacial score (nSPS) is 33.3. The van der Waals surface area contributed by atoms with Gasteiger partial charge in [-0.15, -0.1) is 0 Å². The fourth-order valence-corrected chi connectivity index (χ4v) is 4.01. The van der Waals surface area contributed by atoms with E-state index in [0.29, 0.717) is 0 Å². The van der Waals surface area contributed by atoms with Gasteiger partial charge in [-0.3, -0.25) is 0 Å². The number of amidine groups is 1. The van der Waals surface area contributed by atoms with Crippen molar-refractivity contribution in [2.24, 2.45) is 21.6 Å². The van der Waals surface area contributed by atoms with Gasteiger partial charge in [0.2, 0.25) is 0 Å². The molecule has 1 heterocycles. The number of hydrogen-bond acceptors (Lipinski definition) is 6. The summed E-state index contributed by atoms with van der Waals surface area (Å²) in [4.78, 5) is 4.05. The molecular formula is C15H12ClFN4O2. The van der Waals surface area contributed by atoms with Gasteiger partial charge in [-0.2, -0.15) is 10.5 Å². The lowest BCUT2D eigenvalue weighted by molar-refractivity contribution is -0.230. The van der Waals surface area contributed by atoms with Gasteiger partial charge in [-0.25, -0.2) is 9.38 Å². The van der Waals surface area contributed by atoms with Gasteiger partial charge < -0.3 is 15.2 Å². The molecular weight excluding hydrogens is 323 g/mol. The van der Waals surface area contributed by atoms with Gasteiger partial charge in [0.25, 0.3) is 5.91 Å². The molecule has 2 N–H and O–H groups in total. The third kappa shape index (κ3) is 1.41. The van der Waals surface area contributed by atoms with Crippen LogP contribution in [0.15, 0.2) is 23.2 Å². The van der Waals surface area contributed by atoms with Gasteiger partial charge in [0.05, 0.1) is 12.1 Å². The monoisotopic (exact) mass is 334 g/mol. The number of nitrogens with two attached hydrogens (primary N) is 1. The lowest BCUT2D eigenvalue weighted by Crippen LogP contribution is -2.41. The minimum Gasteiger partial charge on any atom is -0.386 e. The van der Waals surface area contributed by atoms with E-state index in [1.807, 2.05) is 12.1 Å². The van der Waals surface area contributed by atoms with Crippen LogP contribution < -0.4 is 5.73 Å². The average molecular weight is 335 g/mol. The van der Waals surface area contributed by atoms with E-state index >= 15 is 0 Å². The standard InChI is InChI=1S/C15H12ClFN4O2/c1-22-15(23-2)14(7-19)11(13(14,6-18)12(20)21-15)10-8(16)4-3-5-9(10)17/h3-5,11H,1-2H3,(H2,20,21). The molecule has 23 heavy (non-hydrogen) atoms. The molecule has 3 unspecified atom stereocenters. The molecule has 0 spiro atoms. The zero-order valence-corrected chi connectivity index (χ0v) is 13.1. The molecule has 118 valence electrons. The van der Waals surface area contributed by atoms with E-state index in [2.05, 4.69) is 4.99 Å². The second-order valence-corrected chi connectivity index (χ2v) is 5.80. The highest BCUT2D eigenvalue weighted by Crippen LogP contribution is 2.82. The van der Waals surface area contributed by atoms with E-state index in [9.17, 15) is 14.9 Å². The van der Waals surface area contributed by atoms with Crippen LogP contribution in [0.25, 0.3) is 0 Å². The Morgan fingerprint density at radius 3 is 2.43 bits per heavy atom. The van der Waals surface area contributed by atoms with Crippen LogP contribution in [0, 0.1) is 39.3 Å². The summed E-state index contributed by atoms with van der Waals surface area (Å²) in [5.41, 5.74) is 2.79. The second kappa shape index (κ2) is 4.65. The molecule has 1 fully saturated rings. The molecule has 3 atom stereocenters. The molecule has 0 bridgehead atoms. The van der Waals surface area contributed by atoms with Gasteiger partial charge in [0.1, 0.15) is 17.1 Å². The Bertz CT molecular complexity index is 790. The molecule has 1 saturated carbocycles. The maximum Gasteiger partial charge on any atom is 0.292 e. The Balaban J connectivity index is 2.33. The summed E-state index contributed by atoms with van der Waals surface area (Å²) in [6, 6.07) is 8.19. The molecule has 0 amide bonds. The van der Waals surface area contributed by atoms with E-state index in [4.69, 9.17) is 26.8 Å². The van der Waals surface area contributed by atoms with E-state index < -0.39 is 28.5 Å². The molecule has 1 aromatic carbocycles. The minimum absolute atomic E-state index is 0.0357. The third-order valence-electron chi connectivity index (χ3n) is 4.77. The fourth-order valence-electron chi connectivity index (χ4n) is 3.74. The summed E-state index contributed by atoms with van der Waals surface area (Å²) in [6.07, 6.45) is 0. The summed E-state index contributed by atoms with van der Waals surface area (Å²) in [5, 5.41) is 19.7. The van der Waals surface area contributed by atoms with Crippen LogP contribution in [-0.4, -0.2) is 26.0 Å². The van der Waals surface area contributed by atoms with Gasteiger partial charge in [-0.1, -0.05) is 17.7 Å². The van der Waals surface area contributed by atoms with Crippen LogP contribution in [-0.2, 0) is 9.47 Å². The van der Waals surface area contributed by atoms with Gasteiger partial charge in [-0.05, 0) is 12.1 Å². The van der Waals surface area contributed by atoms with Gasteiger partial charge >= 0.3 is 0 Å². The first-order chi connectivity index (χ1) is 10.9. The molecule has 3 rings (SSSR count). The van der Waals surface area contributed by atoms with E-state index in [1.165, 1.54) is 32.4 Å². The van der Waals surface area contributed by atoms with Crippen LogP contribution in [0.1, 0.15) is 11.5 Å². The fraction of sp³-hybridized carbons (Fsp3) is 0.400. The number of rotatable bonds is 3. The van der Waals surface area contributed by atoms with Crippen molar-refractivity contribution in [3.63, 3.8) is 0 Å². The molecule has 0 aromatic heterocycles. The smallest absolute Gasteiger partial charge is 0.292 e. The minimum atomic E-state index is -1.79. The Kier molecular flexibility index (Phi) is 3.18. The Morgan fingerprint density at radius 2 is 1.96 bits per heavy atom. The largest absolute Gasteiger partial charge is 0.386 e. The van der Waals surface area contributed by atoms with Crippen LogP contribution in [0.3, 0.4) is 0 Å². The highest BCUT2D eigenvalue weighted by Gasteiger charge is 2.94. The first-order valence-electron chi connectivity index (χ1n) is 6.65. The van der Waals surface area contributed by atoms with Crippen molar-refractivity contribution in [1.82, 2.24) is 0 Å². The molecule has 2 aliphatic rings. The zero-order valence-electron chi connectivity index (χ0n) is 12.3. The number of hydrogen-bond donors (Lipinski definition) is 1. The van der Waals surface area contributed by atoms with E-state index in [0.717, 1.165) is 0 Å². The molecule has 1 aliphatic carbocycles. The molecule has 0 saturated heterocycles. The van der Waals surface area contributed by atoms with Crippen LogP contribution in [0.4, 0.5) is 4.39 Å². The zero-order chi connectivity index (χ0) is 17.0. The second-order valence-electron chi connectivity index (χ2n) is 5.40. The number of fused-ring (bicyclic) bond motifs is 1. The summed E-state index contributed by atoms with van der Waals surface area (Å²) in [7, 11) is 2.57. The summed E-state index contributed by atoms with van der Waals surface area (Å²) in [5.74, 6) is -3.50. The first-order valence-corrected chi connectivity index (χ1v) is 7.02. The lowest BCUT2D eigenvalue weighted by Gasteiger charge is -2.29. The maximum atomic E-state index is 14.4.